The first-order valence-electron chi connectivity index (χ1n) is 8.32. The van der Waals surface area contributed by atoms with Gasteiger partial charge >= 0.3 is 6.03 Å². The molecule has 0 radical (unpaired) electrons. The van der Waals surface area contributed by atoms with Gasteiger partial charge in [0.15, 0.2) is 0 Å². The molecular formula is C17H23N5O2. The van der Waals surface area contributed by atoms with Crippen LogP contribution in [0.3, 0.4) is 0 Å². The summed E-state index contributed by atoms with van der Waals surface area (Å²) in [4.78, 5) is 16.0. The molecule has 24 heavy (non-hydrogen) atoms. The van der Waals surface area contributed by atoms with Gasteiger partial charge in [-0.1, -0.05) is 12.1 Å². The Labute approximate surface area is 141 Å². The molecule has 1 aliphatic carbocycles. The standard InChI is InChI=1S/C17H23N5O2/c1-12(20-17(24)21-14-4-8-16(23)9-5-14)13-2-6-15(7-3-13)22-11-18-10-19-22/h2-3,6-7,10-12,14,16,23H,4-5,8-9H2,1H3,(H2,20,21,24). The van der Waals surface area contributed by atoms with Crippen molar-refractivity contribution in [3.05, 3.63) is 42.5 Å². The number of aromatic nitrogens is 3. The highest BCUT2D eigenvalue weighted by molar-refractivity contribution is 5.74. The second kappa shape index (κ2) is 7.44. The van der Waals surface area contributed by atoms with E-state index in [1.165, 1.54) is 6.33 Å². The van der Waals surface area contributed by atoms with Crippen molar-refractivity contribution in [3.8, 4) is 5.69 Å². The van der Waals surface area contributed by atoms with Crippen LogP contribution in [0.5, 0.6) is 0 Å². The first kappa shape index (κ1) is 16.4. The van der Waals surface area contributed by atoms with E-state index in [2.05, 4.69) is 20.7 Å². The lowest BCUT2D eigenvalue weighted by atomic mass is 9.93. The van der Waals surface area contributed by atoms with E-state index in [9.17, 15) is 9.90 Å². The topological polar surface area (TPSA) is 92.1 Å². The van der Waals surface area contributed by atoms with Crippen molar-refractivity contribution in [1.82, 2.24) is 25.4 Å². The lowest BCUT2D eigenvalue weighted by Crippen LogP contribution is -2.44. The number of aliphatic hydroxyl groups is 1. The molecule has 0 spiro atoms. The molecule has 1 aromatic carbocycles. The zero-order valence-corrected chi connectivity index (χ0v) is 13.7. The first-order chi connectivity index (χ1) is 11.6. The van der Waals surface area contributed by atoms with E-state index >= 15 is 0 Å². The van der Waals surface area contributed by atoms with Gasteiger partial charge in [0.05, 0.1) is 17.8 Å². The second-order valence-electron chi connectivity index (χ2n) is 6.28. The van der Waals surface area contributed by atoms with E-state index in [1.54, 1.807) is 11.0 Å². The predicted molar refractivity (Wildman–Crippen MR) is 89.7 cm³/mol. The van der Waals surface area contributed by atoms with Crippen LogP contribution in [0.15, 0.2) is 36.9 Å². The summed E-state index contributed by atoms with van der Waals surface area (Å²) in [6.07, 6.45) is 6.09. The summed E-state index contributed by atoms with van der Waals surface area (Å²) in [5, 5.41) is 19.5. The molecule has 7 nitrogen and oxygen atoms in total. The van der Waals surface area contributed by atoms with Crippen molar-refractivity contribution in [2.45, 2.75) is 50.8 Å². The van der Waals surface area contributed by atoms with Crippen molar-refractivity contribution in [2.24, 2.45) is 0 Å². The Bertz CT molecular complexity index is 648. The molecule has 0 bridgehead atoms. The SMILES string of the molecule is CC(NC(=O)NC1CCC(O)CC1)c1ccc(-n2cncn2)cc1. The third-order valence-corrected chi connectivity index (χ3v) is 4.46. The summed E-state index contributed by atoms with van der Waals surface area (Å²) in [6, 6.07) is 7.73. The van der Waals surface area contributed by atoms with E-state index in [0.29, 0.717) is 0 Å². The molecule has 0 saturated heterocycles. The zero-order chi connectivity index (χ0) is 16.9. The number of nitrogens with one attached hydrogen (secondary N) is 2. The Balaban J connectivity index is 1.52. The molecule has 1 aliphatic rings. The lowest BCUT2D eigenvalue weighted by molar-refractivity contribution is 0.117. The van der Waals surface area contributed by atoms with Crippen LogP contribution in [0.2, 0.25) is 0 Å². The largest absolute Gasteiger partial charge is 0.393 e. The van der Waals surface area contributed by atoms with Gasteiger partial charge in [0, 0.05) is 6.04 Å². The van der Waals surface area contributed by atoms with Gasteiger partial charge in [-0.3, -0.25) is 0 Å². The van der Waals surface area contributed by atoms with Crippen molar-refractivity contribution in [2.75, 3.05) is 0 Å². The number of rotatable bonds is 4. The molecule has 1 atom stereocenters. The van der Waals surface area contributed by atoms with Crippen LogP contribution in [0, 0.1) is 0 Å². The number of hydrogen-bond acceptors (Lipinski definition) is 4. The van der Waals surface area contributed by atoms with Crippen LogP contribution in [-0.2, 0) is 0 Å². The average molecular weight is 329 g/mol. The van der Waals surface area contributed by atoms with Crippen molar-refractivity contribution in [3.63, 3.8) is 0 Å². The molecule has 7 heteroatoms. The third kappa shape index (κ3) is 4.11. The Morgan fingerprint density at radius 1 is 1.25 bits per heavy atom. The monoisotopic (exact) mass is 329 g/mol. The van der Waals surface area contributed by atoms with Crippen LogP contribution in [0.4, 0.5) is 4.79 Å². The number of nitrogens with zero attached hydrogens (tertiary/aromatic N) is 3. The van der Waals surface area contributed by atoms with Crippen molar-refractivity contribution >= 4 is 6.03 Å². The number of hydrogen-bond donors (Lipinski definition) is 3. The van der Waals surface area contributed by atoms with Gasteiger partial charge in [0.2, 0.25) is 0 Å². The maximum Gasteiger partial charge on any atom is 0.315 e. The number of benzene rings is 1. The van der Waals surface area contributed by atoms with Gasteiger partial charge in [-0.2, -0.15) is 5.10 Å². The molecule has 1 saturated carbocycles. The zero-order valence-electron chi connectivity index (χ0n) is 13.7. The van der Waals surface area contributed by atoms with Crippen molar-refractivity contribution < 1.29 is 9.90 Å². The van der Waals surface area contributed by atoms with Gasteiger partial charge in [-0.15, -0.1) is 0 Å². The van der Waals surface area contributed by atoms with Gasteiger partial charge in [0.25, 0.3) is 0 Å². The molecule has 1 aromatic heterocycles. The summed E-state index contributed by atoms with van der Waals surface area (Å²) < 4.78 is 1.69. The minimum atomic E-state index is -0.214. The highest BCUT2D eigenvalue weighted by Gasteiger charge is 2.21. The van der Waals surface area contributed by atoms with E-state index in [-0.39, 0.29) is 24.2 Å². The second-order valence-corrected chi connectivity index (χ2v) is 6.28. The minimum Gasteiger partial charge on any atom is -0.393 e. The molecule has 1 heterocycles. The highest BCUT2D eigenvalue weighted by Crippen LogP contribution is 2.19. The van der Waals surface area contributed by atoms with E-state index in [0.717, 1.165) is 36.9 Å². The fourth-order valence-corrected chi connectivity index (χ4v) is 2.98. The Hall–Kier alpha value is -2.41. The van der Waals surface area contributed by atoms with Crippen LogP contribution in [0.1, 0.15) is 44.2 Å². The number of aliphatic hydroxyl groups excluding tert-OH is 1. The molecule has 1 unspecified atom stereocenters. The number of amides is 2. The van der Waals surface area contributed by atoms with Gasteiger partial charge < -0.3 is 15.7 Å². The van der Waals surface area contributed by atoms with Gasteiger partial charge in [0.1, 0.15) is 12.7 Å². The Morgan fingerprint density at radius 2 is 1.96 bits per heavy atom. The fourth-order valence-electron chi connectivity index (χ4n) is 2.98. The lowest BCUT2D eigenvalue weighted by Gasteiger charge is -2.27. The summed E-state index contributed by atoms with van der Waals surface area (Å²) in [5.41, 5.74) is 1.95. The molecule has 3 rings (SSSR count). The van der Waals surface area contributed by atoms with Gasteiger partial charge in [-0.05, 0) is 50.3 Å². The average Bonchev–Trinajstić information content (AvgIpc) is 3.11. The molecule has 3 N–H and O–H groups in total. The number of carbonyl (C=O) groups excluding carboxylic acids is 1. The van der Waals surface area contributed by atoms with Crippen LogP contribution in [0.25, 0.3) is 5.69 Å². The quantitative estimate of drug-likeness (QED) is 0.799. The van der Waals surface area contributed by atoms with Crippen LogP contribution < -0.4 is 10.6 Å². The van der Waals surface area contributed by atoms with Gasteiger partial charge in [-0.25, -0.2) is 14.5 Å². The van der Waals surface area contributed by atoms with E-state index in [1.807, 2.05) is 31.2 Å². The summed E-state index contributed by atoms with van der Waals surface area (Å²) in [5.74, 6) is 0. The summed E-state index contributed by atoms with van der Waals surface area (Å²) in [6.45, 7) is 1.95. The maximum absolute atomic E-state index is 12.1. The molecule has 0 aliphatic heterocycles. The highest BCUT2D eigenvalue weighted by atomic mass is 16.3. The Kier molecular flexibility index (Phi) is 5.10. The van der Waals surface area contributed by atoms with Crippen LogP contribution >= 0.6 is 0 Å². The third-order valence-electron chi connectivity index (χ3n) is 4.46. The smallest absolute Gasteiger partial charge is 0.315 e. The summed E-state index contributed by atoms with van der Waals surface area (Å²) in [7, 11) is 0. The molecule has 2 amide bonds. The normalized spacial score (nSPS) is 21.9. The van der Waals surface area contributed by atoms with E-state index < -0.39 is 0 Å². The fraction of sp³-hybridized carbons (Fsp3) is 0.471. The number of urea groups is 1. The van der Waals surface area contributed by atoms with Crippen LogP contribution in [-0.4, -0.2) is 38.0 Å². The molecule has 2 aromatic rings. The predicted octanol–water partition coefficient (Wildman–Crippen LogP) is 1.93. The molecule has 128 valence electrons. The molecular weight excluding hydrogens is 306 g/mol. The minimum absolute atomic E-state index is 0.0935. The van der Waals surface area contributed by atoms with Crippen molar-refractivity contribution in [1.29, 1.82) is 0 Å². The number of carbonyl (C=O) groups is 1. The maximum atomic E-state index is 12.1. The molecule has 1 fully saturated rings. The summed E-state index contributed by atoms with van der Waals surface area (Å²) >= 11 is 0. The Morgan fingerprint density at radius 3 is 2.58 bits per heavy atom. The first-order valence-corrected chi connectivity index (χ1v) is 8.32. The van der Waals surface area contributed by atoms with E-state index in [4.69, 9.17) is 0 Å².